The van der Waals surface area contributed by atoms with Crippen LogP contribution in [-0.4, -0.2) is 9.97 Å². The minimum atomic E-state index is 0.636. The summed E-state index contributed by atoms with van der Waals surface area (Å²) in [5, 5.41) is 2.00. The number of halogens is 3. The van der Waals surface area contributed by atoms with Gasteiger partial charge in [-0.1, -0.05) is 46.9 Å². The van der Waals surface area contributed by atoms with Crippen LogP contribution >= 0.6 is 34.8 Å². The summed E-state index contributed by atoms with van der Waals surface area (Å²) in [6.45, 7) is 1.98. The van der Waals surface area contributed by atoms with Crippen molar-refractivity contribution in [1.82, 2.24) is 9.97 Å². The number of rotatable bonds is 3. The molecule has 112 valence electrons. The zero-order valence-electron chi connectivity index (χ0n) is 11.8. The van der Waals surface area contributed by atoms with Crippen LogP contribution < -0.4 is 0 Å². The Balaban J connectivity index is 1.93. The molecule has 5 heteroatoms. The van der Waals surface area contributed by atoms with E-state index in [1.807, 2.05) is 37.3 Å². The third-order valence-corrected chi connectivity index (χ3v) is 4.22. The number of aromatic amines is 1. The first kappa shape index (κ1) is 15.4. The Morgan fingerprint density at radius 3 is 2.36 bits per heavy atom. The van der Waals surface area contributed by atoms with Gasteiger partial charge < -0.3 is 4.98 Å². The molecule has 0 spiro atoms. The maximum Gasteiger partial charge on any atom is 0.111 e. The van der Waals surface area contributed by atoms with Crippen LogP contribution in [0.5, 0.6) is 0 Å². The van der Waals surface area contributed by atoms with Gasteiger partial charge in [0, 0.05) is 27.7 Å². The van der Waals surface area contributed by atoms with E-state index in [1.165, 1.54) is 0 Å². The standard InChI is InChI=1S/C17H13Cl3N2/c1-10-17(14-9-13(19)6-7-15(14)20)22-16(21-10)8-11-2-4-12(18)5-3-11/h2-7,9H,8H2,1H3,(H,21,22). The highest BCUT2D eigenvalue weighted by molar-refractivity contribution is 6.35. The fraction of sp³-hybridized carbons (Fsp3) is 0.118. The fourth-order valence-electron chi connectivity index (χ4n) is 2.34. The number of hydrogen-bond donors (Lipinski definition) is 1. The number of aryl methyl sites for hydroxylation is 1. The van der Waals surface area contributed by atoms with E-state index in [-0.39, 0.29) is 0 Å². The first-order chi connectivity index (χ1) is 10.5. The van der Waals surface area contributed by atoms with E-state index in [1.54, 1.807) is 12.1 Å². The van der Waals surface area contributed by atoms with E-state index in [0.717, 1.165) is 33.4 Å². The van der Waals surface area contributed by atoms with Gasteiger partial charge in [-0.2, -0.15) is 0 Å². The first-order valence-electron chi connectivity index (χ1n) is 6.78. The molecule has 0 aliphatic rings. The molecule has 2 nitrogen and oxygen atoms in total. The number of hydrogen-bond acceptors (Lipinski definition) is 1. The maximum atomic E-state index is 6.26. The Kier molecular flexibility index (Phi) is 4.44. The van der Waals surface area contributed by atoms with Gasteiger partial charge in [-0.15, -0.1) is 0 Å². The SMILES string of the molecule is Cc1[nH]c(Cc2ccc(Cl)cc2)nc1-c1cc(Cl)ccc1Cl. The van der Waals surface area contributed by atoms with Gasteiger partial charge >= 0.3 is 0 Å². The molecule has 3 aromatic rings. The molecule has 0 aliphatic heterocycles. The van der Waals surface area contributed by atoms with Crippen molar-refractivity contribution in [3.8, 4) is 11.3 Å². The van der Waals surface area contributed by atoms with Crippen LogP contribution in [0, 0.1) is 6.92 Å². The topological polar surface area (TPSA) is 28.7 Å². The van der Waals surface area contributed by atoms with Crippen LogP contribution in [0.15, 0.2) is 42.5 Å². The first-order valence-corrected chi connectivity index (χ1v) is 7.91. The van der Waals surface area contributed by atoms with E-state index in [9.17, 15) is 0 Å². The normalized spacial score (nSPS) is 10.9. The third kappa shape index (κ3) is 3.30. The number of nitrogens with zero attached hydrogens (tertiary/aromatic N) is 1. The molecule has 1 aromatic heterocycles. The van der Waals surface area contributed by atoms with Crippen molar-refractivity contribution >= 4 is 34.8 Å². The van der Waals surface area contributed by atoms with E-state index in [2.05, 4.69) is 9.97 Å². The minimum Gasteiger partial charge on any atom is -0.345 e. The summed E-state index contributed by atoms with van der Waals surface area (Å²) in [5.74, 6) is 0.880. The highest BCUT2D eigenvalue weighted by Gasteiger charge is 2.13. The molecule has 2 aromatic carbocycles. The maximum absolute atomic E-state index is 6.26. The van der Waals surface area contributed by atoms with Crippen LogP contribution in [0.3, 0.4) is 0 Å². The largest absolute Gasteiger partial charge is 0.345 e. The summed E-state index contributed by atoms with van der Waals surface area (Å²) < 4.78 is 0. The Bertz CT molecular complexity index is 807. The lowest BCUT2D eigenvalue weighted by Gasteiger charge is -2.02. The van der Waals surface area contributed by atoms with Gasteiger partial charge in [-0.05, 0) is 42.8 Å². The van der Waals surface area contributed by atoms with Gasteiger partial charge in [0.05, 0.1) is 10.7 Å². The Hall–Kier alpha value is -1.48. The van der Waals surface area contributed by atoms with Crippen molar-refractivity contribution in [2.24, 2.45) is 0 Å². The minimum absolute atomic E-state index is 0.636. The number of aromatic nitrogens is 2. The van der Waals surface area contributed by atoms with Gasteiger partial charge in [0.25, 0.3) is 0 Å². The Morgan fingerprint density at radius 1 is 0.955 bits per heavy atom. The van der Waals surface area contributed by atoms with Crippen LogP contribution in [0.4, 0.5) is 0 Å². The number of imidazole rings is 1. The summed E-state index contributed by atoms with van der Waals surface area (Å²) in [4.78, 5) is 7.98. The van der Waals surface area contributed by atoms with Gasteiger partial charge in [-0.25, -0.2) is 4.98 Å². The molecule has 0 atom stereocenters. The molecule has 0 unspecified atom stereocenters. The highest BCUT2D eigenvalue weighted by Crippen LogP contribution is 2.31. The summed E-state index contributed by atoms with van der Waals surface area (Å²) in [7, 11) is 0. The van der Waals surface area contributed by atoms with Crippen molar-refractivity contribution in [1.29, 1.82) is 0 Å². The fourth-order valence-corrected chi connectivity index (χ4v) is 2.85. The molecule has 3 rings (SSSR count). The summed E-state index contributed by atoms with van der Waals surface area (Å²) in [6.07, 6.45) is 0.705. The van der Waals surface area contributed by atoms with Gasteiger partial charge in [0.1, 0.15) is 5.82 Å². The quantitative estimate of drug-likeness (QED) is 0.622. The van der Waals surface area contributed by atoms with Gasteiger partial charge in [0.2, 0.25) is 0 Å². The smallest absolute Gasteiger partial charge is 0.111 e. The second-order valence-corrected chi connectivity index (χ2v) is 6.36. The zero-order chi connectivity index (χ0) is 15.7. The predicted octanol–water partition coefficient (Wildman–Crippen LogP) is 5.94. The van der Waals surface area contributed by atoms with Crippen molar-refractivity contribution in [3.05, 3.63) is 74.6 Å². The second kappa shape index (κ2) is 6.33. The molecule has 0 amide bonds. The molecule has 22 heavy (non-hydrogen) atoms. The molecule has 1 heterocycles. The number of H-pyrrole nitrogens is 1. The van der Waals surface area contributed by atoms with E-state index in [4.69, 9.17) is 34.8 Å². The molecular weight excluding hydrogens is 339 g/mol. The number of nitrogens with one attached hydrogen (secondary N) is 1. The van der Waals surface area contributed by atoms with Crippen molar-refractivity contribution < 1.29 is 0 Å². The molecule has 0 bridgehead atoms. The monoisotopic (exact) mass is 350 g/mol. The molecule has 0 aliphatic carbocycles. The van der Waals surface area contributed by atoms with E-state index in [0.29, 0.717) is 16.5 Å². The predicted molar refractivity (Wildman–Crippen MR) is 93.0 cm³/mol. The van der Waals surface area contributed by atoms with Crippen molar-refractivity contribution in [3.63, 3.8) is 0 Å². The van der Waals surface area contributed by atoms with Crippen LogP contribution in [0.1, 0.15) is 17.1 Å². The Morgan fingerprint density at radius 2 is 1.64 bits per heavy atom. The van der Waals surface area contributed by atoms with Crippen LogP contribution in [0.25, 0.3) is 11.3 Å². The average Bonchev–Trinajstić information content (AvgIpc) is 2.84. The molecule has 0 saturated carbocycles. The molecule has 0 radical (unpaired) electrons. The zero-order valence-corrected chi connectivity index (χ0v) is 14.1. The third-order valence-electron chi connectivity index (χ3n) is 3.40. The van der Waals surface area contributed by atoms with Crippen LogP contribution in [-0.2, 0) is 6.42 Å². The van der Waals surface area contributed by atoms with Crippen molar-refractivity contribution in [2.75, 3.05) is 0 Å². The Labute approximate surface area is 144 Å². The number of benzene rings is 2. The van der Waals surface area contributed by atoms with Gasteiger partial charge in [-0.3, -0.25) is 0 Å². The average molecular weight is 352 g/mol. The lowest BCUT2D eigenvalue weighted by Crippen LogP contribution is -1.90. The summed E-state index contributed by atoms with van der Waals surface area (Å²) in [5.41, 5.74) is 3.77. The van der Waals surface area contributed by atoms with E-state index < -0.39 is 0 Å². The van der Waals surface area contributed by atoms with Gasteiger partial charge in [0.15, 0.2) is 0 Å². The summed E-state index contributed by atoms with van der Waals surface area (Å²) >= 11 is 18.2. The molecule has 1 N–H and O–H groups in total. The second-order valence-electron chi connectivity index (χ2n) is 5.08. The molecule has 0 fully saturated rings. The lowest BCUT2D eigenvalue weighted by atomic mass is 10.1. The molecule has 0 saturated heterocycles. The highest BCUT2D eigenvalue weighted by atomic mass is 35.5. The lowest BCUT2D eigenvalue weighted by molar-refractivity contribution is 1.02. The van der Waals surface area contributed by atoms with Crippen molar-refractivity contribution in [2.45, 2.75) is 13.3 Å². The molecular formula is C17H13Cl3N2. The van der Waals surface area contributed by atoms with E-state index >= 15 is 0 Å². The summed E-state index contributed by atoms with van der Waals surface area (Å²) in [6, 6.07) is 13.1. The van der Waals surface area contributed by atoms with Crippen LogP contribution in [0.2, 0.25) is 15.1 Å².